The van der Waals surface area contributed by atoms with Crippen LogP contribution in [0.4, 0.5) is 5.82 Å². The molecule has 1 fully saturated rings. The lowest BCUT2D eigenvalue weighted by molar-refractivity contribution is 0.0825. The fourth-order valence-corrected chi connectivity index (χ4v) is 4.17. The van der Waals surface area contributed by atoms with E-state index in [1.807, 2.05) is 18.2 Å². The topological polar surface area (TPSA) is 89.7 Å². The smallest absolute Gasteiger partial charge is 0.250 e. The average molecular weight is 420 g/mol. The third kappa shape index (κ3) is 3.74. The van der Waals surface area contributed by atoms with Gasteiger partial charge >= 0.3 is 0 Å². The van der Waals surface area contributed by atoms with Gasteiger partial charge in [0, 0.05) is 50.2 Å². The molecule has 4 heterocycles. The number of benzene rings is 1. The molecule has 0 radical (unpaired) electrons. The molecule has 0 saturated carbocycles. The summed E-state index contributed by atoms with van der Waals surface area (Å²) >= 11 is 0. The van der Waals surface area contributed by atoms with Crippen LogP contribution >= 0.6 is 0 Å². The number of aromatic nitrogens is 3. The number of aromatic hydroxyl groups is 1. The Morgan fingerprint density at radius 1 is 1.03 bits per heavy atom. The molecule has 1 N–H and O–H groups in total. The summed E-state index contributed by atoms with van der Waals surface area (Å²) in [6.07, 6.45) is 3.64. The van der Waals surface area contributed by atoms with Crippen LogP contribution in [0.1, 0.15) is 12.8 Å². The molecule has 0 atom stereocenters. The SMILES string of the molecule is Cn1ccc(-c2ccc(-c3cc4c(nn3)N(C3CCOCC3)CCO4)c(O)c2)cc1=O. The molecule has 0 unspecified atom stereocenters. The van der Waals surface area contributed by atoms with Crippen LogP contribution in [0, 0.1) is 0 Å². The number of aryl methyl sites for hydroxylation is 1. The normalized spacial score (nSPS) is 16.6. The quantitative estimate of drug-likeness (QED) is 0.697. The van der Waals surface area contributed by atoms with Crippen molar-refractivity contribution in [3.05, 3.63) is 52.9 Å². The van der Waals surface area contributed by atoms with E-state index in [2.05, 4.69) is 15.1 Å². The Hall–Kier alpha value is -3.39. The van der Waals surface area contributed by atoms with Gasteiger partial charge in [-0.3, -0.25) is 4.79 Å². The first kappa shape index (κ1) is 19.6. The number of ether oxygens (including phenoxy) is 2. The zero-order valence-corrected chi connectivity index (χ0v) is 17.3. The van der Waals surface area contributed by atoms with Crippen molar-refractivity contribution in [1.29, 1.82) is 0 Å². The Kier molecular flexibility index (Phi) is 5.07. The summed E-state index contributed by atoms with van der Waals surface area (Å²) in [5.74, 6) is 1.50. The highest BCUT2D eigenvalue weighted by atomic mass is 16.5. The third-order valence-electron chi connectivity index (χ3n) is 5.95. The van der Waals surface area contributed by atoms with Gasteiger partial charge in [0.2, 0.25) is 0 Å². The van der Waals surface area contributed by atoms with E-state index in [1.165, 1.54) is 4.57 Å². The molecular weight excluding hydrogens is 396 g/mol. The van der Waals surface area contributed by atoms with Crippen molar-refractivity contribution in [2.45, 2.75) is 18.9 Å². The number of nitrogens with zero attached hydrogens (tertiary/aromatic N) is 4. The van der Waals surface area contributed by atoms with E-state index in [4.69, 9.17) is 9.47 Å². The minimum absolute atomic E-state index is 0.0736. The zero-order chi connectivity index (χ0) is 21.4. The Morgan fingerprint density at radius 2 is 1.84 bits per heavy atom. The average Bonchev–Trinajstić information content (AvgIpc) is 2.80. The molecular formula is C23H24N4O4. The summed E-state index contributed by atoms with van der Waals surface area (Å²) in [5, 5.41) is 19.5. The molecule has 8 nitrogen and oxygen atoms in total. The van der Waals surface area contributed by atoms with Gasteiger partial charge in [-0.25, -0.2) is 0 Å². The minimum Gasteiger partial charge on any atom is -0.507 e. The Balaban J connectivity index is 1.45. The Bertz CT molecular complexity index is 1170. The molecule has 31 heavy (non-hydrogen) atoms. The van der Waals surface area contributed by atoms with Crippen LogP contribution < -0.4 is 15.2 Å². The van der Waals surface area contributed by atoms with Gasteiger partial charge in [0.1, 0.15) is 18.1 Å². The summed E-state index contributed by atoms with van der Waals surface area (Å²) < 4.78 is 12.9. The third-order valence-corrected chi connectivity index (χ3v) is 5.95. The van der Waals surface area contributed by atoms with E-state index in [0.717, 1.165) is 49.5 Å². The summed E-state index contributed by atoms with van der Waals surface area (Å²) in [6.45, 7) is 2.89. The van der Waals surface area contributed by atoms with Crippen molar-refractivity contribution in [2.24, 2.45) is 7.05 Å². The van der Waals surface area contributed by atoms with Crippen LogP contribution in [0.2, 0.25) is 0 Å². The lowest BCUT2D eigenvalue weighted by Crippen LogP contribution is -2.44. The van der Waals surface area contributed by atoms with Crippen molar-refractivity contribution < 1.29 is 14.6 Å². The summed E-state index contributed by atoms with van der Waals surface area (Å²) in [4.78, 5) is 14.2. The molecule has 2 aromatic heterocycles. The monoisotopic (exact) mass is 420 g/mol. The van der Waals surface area contributed by atoms with Gasteiger partial charge in [-0.2, -0.15) is 0 Å². The van der Waals surface area contributed by atoms with Crippen molar-refractivity contribution in [2.75, 3.05) is 31.3 Å². The number of rotatable bonds is 3. The molecule has 1 aromatic carbocycles. The lowest BCUT2D eigenvalue weighted by atomic mass is 10.0. The number of pyridine rings is 1. The van der Waals surface area contributed by atoms with Crippen LogP contribution in [0.25, 0.3) is 22.4 Å². The standard InChI is InChI=1S/C23H24N4O4/c1-26-7-4-16(13-22(26)29)15-2-3-18(20(28)12-15)19-14-21-23(25-24-19)27(8-11-31-21)17-5-9-30-10-6-17/h2-4,7,12-14,17,28H,5-6,8-11H2,1H3. The van der Waals surface area contributed by atoms with Crippen LogP contribution in [0.5, 0.6) is 11.5 Å². The molecule has 1 saturated heterocycles. The fraction of sp³-hybridized carbons (Fsp3) is 0.348. The number of fused-ring (bicyclic) bond motifs is 1. The molecule has 2 aliphatic heterocycles. The van der Waals surface area contributed by atoms with Gasteiger partial charge in [-0.1, -0.05) is 6.07 Å². The summed E-state index contributed by atoms with van der Waals surface area (Å²) in [7, 11) is 1.70. The predicted octanol–water partition coefficient (Wildman–Crippen LogP) is 2.59. The highest BCUT2D eigenvalue weighted by Gasteiger charge is 2.29. The van der Waals surface area contributed by atoms with Crippen LogP contribution in [0.3, 0.4) is 0 Å². The highest BCUT2D eigenvalue weighted by Crippen LogP contribution is 2.37. The van der Waals surface area contributed by atoms with Gasteiger partial charge in [0.25, 0.3) is 5.56 Å². The first-order chi connectivity index (χ1) is 15.1. The van der Waals surface area contributed by atoms with E-state index in [9.17, 15) is 9.90 Å². The molecule has 160 valence electrons. The van der Waals surface area contributed by atoms with Crippen molar-refractivity contribution in [1.82, 2.24) is 14.8 Å². The Labute approximate surface area is 179 Å². The van der Waals surface area contributed by atoms with Crippen LogP contribution in [-0.2, 0) is 11.8 Å². The molecule has 0 amide bonds. The maximum Gasteiger partial charge on any atom is 0.250 e. The summed E-state index contributed by atoms with van der Waals surface area (Å²) in [5.41, 5.74) is 2.51. The van der Waals surface area contributed by atoms with E-state index < -0.39 is 0 Å². The molecule has 8 heteroatoms. The van der Waals surface area contributed by atoms with Gasteiger partial charge in [-0.05, 0) is 42.2 Å². The van der Waals surface area contributed by atoms with E-state index in [0.29, 0.717) is 29.7 Å². The van der Waals surface area contributed by atoms with Crippen molar-refractivity contribution >= 4 is 5.82 Å². The molecule has 5 rings (SSSR count). The van der Waals surface area contributed by atoms with Gasteiger partial charge in [0.15, 0.2) is 11.6 Å². The maximum atomic E-state index is 11.9. The van der Waals surface area contributed by atoms with E-state index in [-0.39, 0.29) is 11.3 Å². The van der Waals surface area contributed by atoms with E-state index in [1.54, 1.807) is 31.4 Å². The number of phenolic OH excluding ortho intramolecular Hbond substituents is 1. The zero-order valence-electron chi connectivity index (χ0n) is 17.3. The molecule has 3 aromatic rings. The number of phenols is 1. The Morgan fingerprint density at radius 3 is 2.61 bits per heavy atom. The second-order valence-corrected chi connectivity index (χ2v) is 7.90. The van der Waals surface area contributed by atoms with Crippen molar-refractivity contribution in [3.8, 4) is 33.9 Å². The molecule has 0 bridgehead atoms. The fourth-order valence-electron chi connectivity index (χ4n) is 4.17. The van der Waals surface area contributed by atoms with Gasteiger partial charge in [-0.15, -0.1) is 10.2 Å². The van der Waals surface area contributed by atoms with Crippen molar-refractivity contribution in [3.63, 3.8) is 0 Å². The largest absolute Gasteiger partial charge is 0.507 e. The lowest BCUT2D eigenvalue weighted by Gasteiger charge is -2.38. The maximum absolute atomic E-state index is 11.9. The molecule has 0 aliphatic carbocycles. The number of hydrogen-bond acceptors (Lipinski definition) is 7. The summed E-state index contributed by atoms with van der Waals surface area (Å²) in [6, 6.07) is 10.9. The van der Waals surface area contributed by atoms with Crippen LogP contribution in [0.15, 0.2) is 47.4 Å². The van der Waals surface area contributed by atoms with Gasteiger partial charge in [0.05, 0.1) is 6.54 Å². The van der Waals surface area contributed by atoms with Gasteiger partial charge < -0.3 is 24.0 Å². The molecule has 0 spiro atoms. The number of anilines is 1. The van der Waals surface area contributed by atoms with E-state index >= 15 is 0 Å². The highest BCUT2D eigenvalue weighted by molar-refractivity contribution is 5.75. The molecule has 2 aliphatic rings. The number of hydrogen-bond donors (Lipinski definition) is 1. The van der Waals surface area contributed by atoms with Crippen LogP contribution in [-0.4, -0.2) is 52.3 Å². The minimum atomic E-state index is -0.104. The second kappa shape index (κ2) is 8.03. The first-order valence-electron chi connectivity index (χ1n) is 10.5. The predicted molar refractivity (Wildman–Crippen MR) is 116 cm³/mol. The second-order valence-electron chi connectivity index (χ2n) is 7.90. The first-order valence-corrected chi connectivity index (χ1v) is 10.5.